The Hall–Kier alpha value is -0.540. The van der Waals surface area contributed by atoms with Crippen LogP contribution in [0, 0.1) is 5.92 Å². The number of halogens is 1. The molecule has 1 atom stereocenters. The Balaban J connectivity index is 2.45. The fourth-order valence-corrected chi connectivity index (χ4v) is 2.69. The molecule has 0 aliphatic carbocycles. The molecular weight excluding hydrogens is 326 g/mol. The second-order valence-corrected chi connectivity index (χ2v) is 7.71. The molecule has 1 aromatic carbocycles. The molecule has 1 N–H and O–H groups in total. The Kier molecular flexibility index (Phi) is 7.75. The molecule has 2 nitrogen and oxygen atoms in total. The second-order valence-electron chi connectivity index (χ2n) is 6.79. The molecule has 0 amide bonds. The van der Waals surface area contributed by atoms with E-state index in [4.69, 9.17) is 4.74 Å². The van der Waals surface area contributed by atoms with Gasteiger partial charge in [-0.3, -0.25) is 0 Å². The maximum absolute atomic E-state index is 5.72. The third kappa shape index (κ3) is 7.87. The average molecular weight is 356 g/mol. The summed E-state index contributed by atoms with van der Waals surface area (Å²) in [6, 6.07) is 6.30. The molecule has 21 heavy (non-hydrogen) atoms. The molecule has 1 unspecified atom stereocenters. The van der Waals surface area contributed by atoms with Gasteiger partial charge in [-0.05, 0) is 83.2 Å². The Bertz CT molecular complexity index is 426. The third-order valence-electron chi connectivity index (χ3n) is 3.52. The van der Waals surface area contributed by atoms with E-state index in [2.05, 4.69) is 61.1 Å². The van der Waals surface area contributed by atoms with Crippen LogP contribution in [0.2, 0.25) is 0 Å². The minimum absolute atomic E-state index is 0.214. The number of hydrogen-bond acceptors (Lipinski definition) is 2. The molecular formula is C18H30BrNO. The van der Waals surface area contributed by atoms with Crippen molar-refractivity contribution in [1.82, 2.24) is 5.32 Å². The predicted molar refractivity (Wildman–Crippen MR) is 95.2 cm³/mol. The van der Waals surface area contributed by atoms with Crippen molar-refractivity contribution in [2.75, 3.05) is 13.2 Å². The zero-order valence-corrected chi connectivity index (χ0v) is 15.7. The smallest absolute Gasteiger partial charge is 0.122 e. The molecule has 1 rings (SSSR count). The lowest BCUT2D eigenvalue weighted by Crippen LogP contribution is -2.36. The topological polar surface area (TPSA) is 21.3 Å². The van der Waals surface area contributed by atoms with Crippen LogP contribution in [0.5, 0.6) is 5.75 Å². The maximum Gasteiger partial charge on any atom is 0.122 e. The first-order valence-corrected chi connectivity index (χ1v) is 8.77. The van der Waals surface area contributed by atoms with E-state index >= 15 is 0 Å². The van der Waals surface area contributed by atoms with E-state index in [-0.39, 0.29) is 5.54 Å². The Labute approximate surface area is 138 Å². The predicted octanol–water partition coefficient (Wildman–Crippen LogP) is 5.19. The molecule has 0 aromatic heterocycles. The van der Waals surface area contributed by atoms with E-state index in [1.54, 1.807) is 0 Å². The monoisotopic (exact) mass is 355 g/mol. The zero-order chi connectivity index (χ0) is 15.9. The first kappa shape index (κ1) is 18.5. The highest BCUT2D eigenvalue weighted by Gasteiger charge is 2.11. The first-order valence-electron chi connectivity index (χ1n) is 7.98. The van der Waals surface area contributed by atoms with Gasteiger partial charge in [-0.15, -0.1) is 0 Å². The molecule has 0 aliphatic rings. The summed E-state index contributed by atoms with van der Waals surface area (Å²) in [5.74, 6) is 1.74. The number of rotatable bonds is 8. The molecule has 0 saturated heterocycles. The van der Waals surface area contributed by atoms with Crippen molar-refractivity contribution in [3.05, 3.63) is 28.2 Å². The lowest BCUT2D eigenvalue weighted by Gasteiger charge is -2.22. The summed E-state index contributed by atoms with van der Waals surface area (Å²) >= 11 is 3.55. The Morgan fingerprint density at radius 2 is 1.95 bits per heavy atom. The van der Waals surface area contributed by atoms with Crippen molar-refractivity contribution in [3.8, 4) is 5.75 Å². The van der Waals surface area contributed by atoms with Gasteiger partial charge in [-0.2, -0.15) is 0 Å². The molecule has 1 aromatic rings. The molecule has 120 valence electrons. The number of benzene rings is 1. The molecule has 0 heterocycles. The summed E-state index contributed by atoms with van der Waals surface area (Å²) in [5, 5.41) is 3.56. The minimum atomic E-state index is 0.214. The van der Waals surface area contributed by atoms with Gasteiger partial charge in [-0.25, -0.2) is 0 Å². The van der Waals surface area contributed by atoms with Gasteiger partial charge < -0.3 is 10.1 Å². The van der Waals surface area contributed by atoms with Gasteiger partial charge in [0.2, 0.25) is 0 Å². The average Bonchev–Trinajstić information content (AvgIpc) is 2.37. The van der Waals surface area contributed by atoms with Crippen LogP contribution in [0.15, 0.2) is 22.7 Å². The van der Waals surface area contributed by atoms with Crippen LogP contribution >= 0.6 is 15.9 Å². The van der Waals surface area contributed by atoms with Crippen LogP contribution in [-0.2, 0) is 6.42 Å². The Morgan fingerprint density at radius 1 is 1.24 bits per heavy atom. The SMILES string of the molecule is CCOc1ccc(Br)cc1CCC(C)CCNC(C)(C)C. The van der Waals surface area contributed by atoms with Crippen molar-refractivity contribution in [2.45, 2.75) is 59.4 Å². The quantitative estimate of drug-likeness (QED) is 0.692. The normalized spacial score (nSPS) is 13.2. The van der Waals surface area contributed by atoms with Crippen LogP contribution < -0.4 is 10.1 Å². The minimum Gasteiger partial charge on any atom is -0.494 e. The fraction of sp³-hybridized carbons (Fsp3) is 0.667. The second kappa shape index (κ2) is 8.79. The van der Waals surface area contributed by atoms with Gasteiger partial charge in [0.1, 0.15) is 5.75 Å². The van der Waals surface area contributed by atoms with Gasteiger partial charge in [-0.1, -0.05) is 22.9 Å². The van der Waals surface area contributed by atoms with Gasteiger partial charge in [0, 0.05) is 10.0 Å². The van der Waals surface area contributed by atoms with Gasteiger partial charge in [0.05, 0.1) is 6.61 Å². The summed E-state index contributed by atoms with van der Waals surface area (Å²) in [4.78, 5) is 0. The molecule has 0 bridgehead atoms. The number of ether oxygens (including phenoxy) is 1. The van der Waals surface area contributed by atoms with E-state index in [1.165, 1.54) is 18.4 Å². The molecule has 0 aliphatic heterocycles. The van der Waals surface area contributed by atoms with Gasteiger partial charge >= 0.3 is 0 Å². The van der Waals surface area contributed by atoms with E-state index < -0.39 is 0 Å². The standard InChI is InChI=1S/C18H30BrNO/c1-6-21-17-10-9-16(19)13-15(17)8-7-14(2)11-12-20-18(3,4)5/h9-10,13-14,20H,6-8,11-12H2,1-5H3. The van der Waals surface area contributed by atoms with Crippen LogP contribution in [0.25, 0.3) is 0 Å². The first-order chi connectivity index (χ1) is 9.81. The van der Waals surface area contributed by atoms with Crippen molar-refractivity contribution < 1.29 is 4.74 Å². The molecule has 0 radical (unpaired) electrons. The Morgan fingerprint density at radius 3 is 2.57 bits per heavy atom. The number of aryl methyl sites for hydroxylation is 1. The summed E-state index contributed by atoms with van der Waals surface area (Å²) in [6.45, 7) is 12.8. The fourth-order valence-electron chi connectivity index (χ4n) is 2.28. The molecule has 0 fully saturated rings. The molecule has 3 heteroatoms. The van der Waals surface area contributed by atoms with Crippen molar-refractivity contribution >= 4 is 15.9 Å². The number of nitrogens with one attached hydrogen (secondary N) is 1. The van der Waals surface area contributed by atoms with E-state index in [0.29, 0.717) is 5.92 Å². The molecule has 0 saturated carbocycles. The third-order valence-corrected chi connectivity index (χ3v) is 4.01. The highest BCUT2D eigenvalue weighted by Crippen LogP contribution is 2.26. The van der Waals surface area contributed by atoms with Crippen molar-refractivity contribution in [3.63, 3.8) is 0 Å². The summed E-state index contributed by atoms with van der Waals surface area (Å²) in [7, 11) is 0. The van der Waals surface area contributed by atoms with Crippen molar-refractivity contribution in [1.29, 1.82) is 0 Å². The summed E-state index contributed by atoms with van der Waals surface area (Å²) < 4.78 is 6.84. The summed E-state index contributed by atoms with van der Waals surface area (Å²) in [6.07, 6.45) is 3.49. The van der Waals surface area contributed by atoms with Crippen LogP contribution in [0.3, 0.4) is 0 Å². The largest absolute Gasteiger partial charge is 0.494 e. The molecule has 0 spiro atoms. The van der Waals surface area contributed by atoms with Crippen molar-refractivity contribution in [2.24, 2.45) is 5.92 Å². The zero-order valence-electron chi connectivity index (χ0n) is 14.1. The van der Waals surface area contributed by atoms with E-state index in [0.717, 1.165) is 29.8 Å². The van der Waals surface area contributed by atoms with E-state index in [9.17, 15) is 0 Å². The summed E-state index contributed by atoms with van der Waals surface area (Å²) in [5.41, 5.74) is 1.52. The highest BCUT2D eigenvalue weighted by molar-refractivity contribution is 9.10. The lowest BCUT2D eigenvalue weighted by atomic mass is 9.97. The maximum atomic E-state index is 5.72. The van der Waals surface area contributed by atoms with Crippen LogP contribution in [0.1, 0.15) is 53.0 Å². The number of hydrogen-bond donors (Lipinski definition) is 1. The van der Waals surface area contributed by atoms with E-state index in [1.807, 2.05) is 13.0 Å². The highest BCUT2D eigenvalue weighted by atomic mass is 79.9. The van der Waals surface area contributed by atoms with Crippen LogP contribution in [0.4, 0.5) is 0 Å². The van der Waals surface area contributed by atoms with Gasteiger partial charge in [0.25, 0.3) is 0 Å². The van der Waals surface area contributed by atoms with Crippen LogP contribution in [-0.4, -0.2) is 18.7 Å². The van der Waals surface area contributed by atoms with Gasteiger partial charge in [0.15, 0.2) is 0 Å². The lowest BCUT2D eigenvalue weighted by molar-refractivity contribution is 0.334.